The van der Waals surface area contributed by atoms with E-state index < -0.39 is 17.7 Å². The summed E-state index contributed by atoms with van der Waals surface area (Å²) in [6.45, 7) is 5.12. The molecule has 11 heteroatoms. The summed E-state index contributed by atoms with van der Waals surface area (Å²) in [5, 5.41) is 17.3. The van der Waals surface area contributed by atoms with Crippen molar-refractivity contribution in [2.24, 2.45) is 0 Å². The van der Waals surface area contributed by atoms with Crippen LogP contribution in [0.25, 0.3) is 0 Å². The molecule has 8 nitrogen and oxygen atoms in total. The van der Waals surface area contributed by atoms with E-state index in [1.807, 2.05) is 13.8 Å². The summed E-state index contributed by atoms with van der Waals surface area (Å²) in [6.07, 6.45) is -1.19. The number of para-hydroxylation sites is 1. The first-order valence-corrected chi connectivity index (χ1v) is 12.2. The first-order chi connectivity index (χ1) is 18.5. The van der Waals surface area contributed by atoms with Crippen LogP contribution in [0, 0.1) is 0 Å². The van der Waals surface area contributed by atoms with Crippen LogP contribution in [-0.2, 0) is 15.7 Å². The van der Waals surface area contributed by atoms with Gasteiger partial charge < -0.3 is 24.7 Å². The van der Waals surface area contributed by atoms with Gasteiger partial charge in [-0.15, -0.1) is 0 Å². The maximum atomic E-state index is 13.2. The van der Waals surface area contributed by atoms with Gasteiger partial charge in [0.15, 0.2) is 0 Å². The van der Waals surface area contributed by atoms with E-state index in [9.17, 15) is 22.8 Å². The molecule has 208 valence electrons. The Morgan fingerprint density at radius 2 is 1.64 bits per heavy atom. The quantitative estimate of drug-likeness (QED) is 0.430. The topological polar surface area (TPSA) is 103 Å². The van der Waals surface area contributed by atoms with Gasteiger partial charge >= 0.3 is 12.1 Å². The van der Waals surface area contributed by atoms with Crippen molar-refractivity contribution in [3.05, 3.63) is 84.2 Å². The van der Waals surface area contributed by atoms with E-state index in [1.165, 1.54) is 18.2 Å². The number of pyridine rings is 1. The van der Waals surface area contributed by atoms with Crippen LogP contribution in [0.1, 0.15) is 36.2 Å². The Kier molecular flexibility index (Phi) is 9.89. The molecule has 1 saturated heterocycles. The van der Waals surface area contributed by atoms with Gasteiger partial charge in [0.25, 0.3) is 0 Å². The van der Waals surface area contributed by atoms with Gasteiger partial charge in [0.1, 0.15) is 11.3 Å². The highest BCUT2D eigenvalue weighted by atomic mass is 19.4. The van der Waals surface area contributed by atoms with Crippen LogP contribution in [-0.4, -0.2) is 63.8 Å². The highest BCUT2D eigenvalue weighted by Crippen LogP contribution is 2.34. The van der Waals surface area contributed by atoms with E-state index in [1.54, 1.807) is 52.5 Å². The second kappa shape index (κ2) is 13.1. The van der Waals surface area contributed by atoms with Crippen LogP contribution in [0.3, 0.4) is 0 Å². The Morgan fingerprint density at radius 1 is 1.00 bits per heavy atom. The molecule has 0 spiro atoms. The average Bonchev–Trinajstić information content (AvgIpc) is 2.89. The van der Waals surface area contributed by atoms with Gasteiger partial charge in [0.05, 0.1) is 17.8 Å². The van der Waals surface area contributed by atoms with Gasteiger partial charge in [-0.1, -0.05) is 18.2 Å². The van der Waals surface area contributed by atoms with Gasteiger partial charge in [-0.2, -0.15) is 13.2 Å². The zero-order valence-corrected chi connectivity index (χ0v) is 21.5. The summed E-state index contributed by atoms with van der Waals surface area (Å²) in [6, 6.07) is 14.4. The second-order valence-corrected chi connectivity index (χ2v) is 9.03. The summed E-state index contributed by atoms with van der Waals surface area (Å²) in [5.41, 5.74) is 0.261. The van der Waals surface area contributed by atoms with Crippen molar-refractivity contribution >= 4 is 23.3 Å². The highest BCUT2D eigenvalue weighted by Gasteiger charge is 2.31. The number of rotatable bonds is 6. The van der Waals surface area contributed by atoms with Gasteiger partial charge in [0, 0.05) is 49.8 Å². The number of hydrogen-bond acceptors (Lipinski definition) is 6. The third kappa shape index (κ3) is 8.44. The molecule has 3 aromatic rings. The number of benzene rings is 2. The van der Waals surface area contributed by atoms with E-state index >= 15 is 0 Å². The Balaban J connectivity index is 0.000000353. The zero-order valence-electron chi connectivity index (χ0n) is 21.5. The molecule has 1 amide bonds. The van der Waals surface area contributed by atoms with Gasteiger partial charge in [0.2, 0.25) is 5.91 Å². The summed E-state index contributed by atoms with van der Waals surface area (Å²) in [5.74, 6) is -1.36. The molecule has 2 unspecified atom stereocenters. The standard InChI is InChI=1S/C21H24F3N3O2.C7H6O3/c1-15-13-26(14-16(2)29-15)20(28)8-11-27(18-6-9-25-10-7-18)19-5-3-4-17(12-19)21(22,23)24;8-6-4-2-1-3-5(6)7(9)10/h3-7,9-10,12,15-16H,8,11,13-14H2,1-2H3;1-4,8H,(H,9,10). The second-order valence-electron chi connectivity index (χ2n) is 9.03. The number of amides is 1. The number of carbonyl (C=O) groups is 2. The Bertz CT molecular complexity index is 1250. The smallest absolute Gasteiger partial charge is 0.416 e. The van der Waals surface area contributed by atoms with Crippen LogP contribution < -0.4 is 4.90 Å². The normalized spacial score (nSPS) is 17.1. The minimum Gasteiger partial charge on any atom is -0.507 e. The fourth-order valence-corrected chi connectivity index (χ4v) is 4.18. The summed E-state index contributed by atoms with van der Waals surface area (Å²) in [4.78, 5) is 30.4. The largest absolute Gasteiger partial charge is 0.507 e. The lowest BCUT2D eigenvalue weighted by Gasteiger charge is -2.36. The summed E-state index contributed by atoms with van der Waals surface area (Å²) < 4.78 is 45.1. The molecule has 39 heavy (non-hydrogen) atoms. The van der Waals surface area contributed by atoms with E-state index in [0.717, 1.165) is 12.1 Å². The van der Waals surface area contributed by atoms with Crippen LogP contribution in [0.5, 0.6) is 5.75 Å². The monoisotopic (exact) mass is 545 g/mol. The van der Waals surface area contributed by atoms with Crippen molar-refractivity contribution < 1.29 is 37.7 Å². The number of halogens is 3. The SMILES string of the molecule is CC1CN(C(=O)CCN(c2ccncc2)c2cccc(C(F)(F)F)c2)CC(C)O1.O=C(O)c1ccccc1O. The first kappa shape index (κ1) is 29.4. The average molecular weight is 546 g/mol. The lowest BCUT2D eigenvalue weighted by Crippen LogP contribution is -2.48. The molecule has 1 aliphatic rings. The maximum absolute atomic E-state index is 13.2. The molecule has 0 aliphatic carbocycles. The highest BCUT2D eigenvalue weighted by molar-refractivity contribution is 5.90. The number of alkyl halides is 3. The van der Waals surface area contributed by atoms with Crippen molar-refractivity contribution in [1.29, 1.82) is 0 Å². The molecule has 2 N–H and O–H groups in total. The summed E-state index contributed by atoms with van der Waals surface area (Å²) >= 11 is 0. The minimum atomic E-state index is -4.43. The van der Waals surface area contributed by atoms with Crippen molar-refractivity contribution in [3.63, 3.8) is 0 Å². The van der Waals surface area contributed by atoms with Crippen LogP contribution in [0.15, 0.2) is 73.1 Å². The van der Waals surface area contributed by atoms with Gasteiger partial charge in [-0.25, -0.2) is 4.79 Å². The van der Waals surface area contributed by atoms with Crippen LogP contribution in [0.4, 0.5) is 24.5 Å². The third-order valence-electron chi connectivity index (χ3n) is 5.92. The number of carbonyl (C=O) groups excluding carboxylic acids is 1. The fourth-order valence-electron chi connectivity index (χ4n) is 4.18. The number of carboxylic acid groups (broad SMARTS) is 1. The van der Waals surface area contributed by atoms with Crippen molar-refractivity contribution in [2.75, 3.05) is 24.5 Å². The molecule has 1 fully saturated rings. The molecule has 1 aromatic heterocycles. The number of aromatic hydroxyl groups is 1. The Labute approximate surface area is 224 Å². The Morgan fingerprint density at radius 3 is 2.21 bits per heavy atom. The number of nitrogens with zero attached hydrogens (tertiary/aromatic N) is 3. The maximum Gasteiger partial charge on any atom is 0.416 e. The van der Waals surface area contributed by atoms with E-state index in [-0.39, 0.29) is 42.4 Å². The number of ether oxygens (including phenoxy) is 1. The lowest BCUT2D eigenvalue weighted by molar-refractivity contribution is -0.143. The van der Waals surface area contributed by atoms with Gasteiger partial charge in [-0.3, -0.25) is 9.78 Å². The number of aromatic nitrogens is 1. The number of aromatic carboxylic acids is 1. The van der Waals surface area contributed by atoms with E-state index in [0.29, 0.717) is 24.5 Å². The lowest BCUT2D eigenvalue weighted by atomic mass is 10.1. The number of hydrogen-bond donors (Lipinski definition) is 2. The molecular formula is C28H30F3N3O5. The molecule has 2 heterocycles. The molecule has 2 aromatic carbocycles. The van der Waals surface area contributed by atoms with E-state index in [4.69, 9.17) is 14.9 Å². The molecule has 1 aliphatic heterocycles. The molecule has 0 radical (unpaired) electrons. The predicted octanol–water partition coefficient (Wildman–Crippen LogP) is 5.35. The van der Waals surface area contributed by atoms with Crippen LogP contribution in [0.2, 0.25) is 0 Å². The zero-order chi connectivity index (χ0) is 28.6. The minimum absolute atomic E-state index is 0.0394. The number of carboxylic acids is 1. The van der Waals surface area contributed by atoms with Gasteiger partial charge in [-0.05, 0) is 56.3 Å². The van der Waals surface area contributed by atoms with Crippen LogP contribution >= 0.6 is 0 Å². The summed E-state index contributed by atoms with van der Waals surface area (Å²) in [7, 11) is 0. The first-order valence-electron chi connectivity index (χ1n) is 12.2. The molecule has 4 rings (SSSR count). The van der Waals surface area contributed by atoms with Crippen molar-refractivity contribution in [1.82, 2.24) is 9.88 Å². The van der Waals surface area contributed by atoms with Crippen molar-refractivity contribution in [3.8, 4) is 5.75 Å². The van der Waals surface area contributed by atoms with E-state index in [2.05, 4.69) is 4.98 Å². The molecule has 2 atom stereocenters. The third-order valence-corrected chi connectivity index (χ3v) is 5.92. The predicted molar refractivity (Wildman–Crippen MR) is 139 cm³/mol. The number of morpholine rings is 1. The number of phenols is 1. The fraction of sp³-hybridized carbons (Fsp3) is 0.321. The van der Waals surface area contributed by atoms with Crippen molar-refractivity contribution in [2.45, 2.75) is 38.7 Å². The Hall–Kier alpha value is -4.12. The number of anilines is 2. The molecule has 0 saturated carbocycles. The molecular weight excluding hydrogens is 515 g/mol. The molecule has 0 bridgehead atoms.